The van der Waals surface area contributed by atoms with Crippen LogP contribution in [0.25, 0.3) is 0 Å². The molecular formula is C13H17NO. The van der Waals surface area contributed by atoms with Gasteiger partial charge < -0.3 is 4.74 Å². The lowest BCUT2D eigenvalue weighted by Crippen LogP contribution is -2.13. The maximum atomic E-state index is 8.98. The zero-order chi connectivity index (χ0) is 11.5. The normalized spacial score (nSPS) is 11.2. The molecule has 0 aliphatic rings. The zero-order valence-corrected chi connectivity index (χ0v) is 9.74. The Labute approximate surface area is 91.5 Å². The average Bonchev–Trinajstić information content (AvgIpc) is 2.18. The molecule has 1 aromatic rings. The smallest absolute Gasteiger partial charge is 0.119 e. The van der Waals surface area contributed by atoms with Crippen LogP contribution >= 0.6 is 0 Å². The summed E-state index contributed by atoms with van der Waals surface area (Å²) in [5.74, 6) is 0.850. The van der Waals surface area contributed by atoms with Crippen molar-refractivity contribution in [3.63, 3.8) is 0 Å². The molecule has 0 unspecified atom stereocenters. The van der Waals surface area contributed by atoms with Crippen LogP contribution in [0.1, 0.15) is 33.3 Å². The predicted molar refractivity (Wildman–Crippen MR) is 60.8 cm³/mol. The average molecular weight is 203 g/mol. The molecule has 0 aliphatic heterocycles. The van der Waals surface area contributed by atoms with E-state index >= 15 is 0 Å². The molecule has 2 heteroatoms. The van der Waals surface area contributed by atoms with E-state index in [0.717, 1.165) is 11.3 Å². The van der Waals surface area contributed by atoms with Gasteiger partial charge in [-0.15, -0.1) is 0 Å². The molecular weight excluding hydrogens is 186 g/mol. The van der Waals surface area contributed by atoms with Crippen LogP contribution in [-0.4, -0.2) is 6.10 Å². The van der Waals surface area contributed by atoms with E-state index in [-0.39, 0.29) is 6.10 Å². The van der Waals surface area contributed by atoms with E-state index in [2.05, 4.69) is 6.07 Å². The Morgan fingerprint density at radius 1 is 1.20 bits per heavy atom. The summed E-state index contributed by atoms with van der Waals surface area (Å²) in [5.41, 5.74) is 0.581. The Morgan fingerprint density at radius 2 is 1.73 bits per heavy atom. The first-order valence-corrected chi connectivity index (χ1v) is 5.14. The van der Waals surface area contributed by atoms with Crippen LogP contribution in [0, 0.1) is 11.3 Å². The fourth-order valence-corrected chi connectivity index (χ4v) is 1.29. The Kier molecular flexibility index (Phi) is 3.36. The van der Waals surface area contributed by atoms with Crippen molar-refractivity contribution in [1.82, 2.24) is 0 Å². The van der Waals surface area contributed by atoms with E-state index in [4.69, 9.17) is 10.00 Å². The van der Waals surface area contributed by atoms with Gasteiger partial charge in [0.05, 0.1) is 17.6 Å². The van der Waals surface area contributed by atoms with Gasteiger partial charge in [-0.25, -0.2) is 0 Å². The number of hydrogen-bond donors (Lipinski definition) is 0. The van der Waals surface area contributed by atoms with Crippen molar-refractivity contribution in [2.45, 2.75) is 39.2 Å². The molecule has 0 aromatic heterocycles. The molecule has 0 heterocycles. The number of nitrogens with zero attached hydrogens (tertiary/aromatic N) is 1. The van der Waals surface area contributed by atoms with Gasteiger partial charge in [-0.1, -0.05) is 12.1 Å². The predicted octanol–water partition coefficient (Wildman–Crippen LogP) is 3.27. The van der Waals surface area contributed by atoms with Gasteiger partial charge in [0.1, 0.15) is 5.75 Å². The maximum absolute atomic E-state index is 8.98. The van der Waals surface area contributed by atoms with Crippen molar-refractivity contribution in [2.24, 2.45) is 0 Å². The van der Waals surface area contributed by atoms with E-state index in [1.165, 1.54) is 0 Å². The first-order chi connectivity index (χ1) is 6.95. The van der Waals surface area contributed by atoms with Gasteiger partial charge in [0.15, 0.2) is 0 Å². The Bertz CT molecular complexity index is 357. The van der Waals surface area contributed by atoms with Crippen molar-refractivity contribution < 1.29 is 4.74 Å². The molecule has 0 bridgehead atoms. The highest BCUT2D eigenvalue weighted by molar-refractivity contribution is 5.35. The Balaban J connectivity index is 2.87. The minimum Gasteiger partial charge on any atom is -0.491 e. The summed E-state index contributed by atoms with van der Waals surface area (Å²) in [5, 5.41) is 8.98. The van der Waals surface area contributed by atoms with Gasteiger partial charge in [0.25, 0.3) is 0 Å². The largest absolute Gasteiger partial charge is 0.491 e. The van der Waals surface area contributed by atoms with Gasteiger partial charge in [0.2, 0.25) is 0 Å². The van der Waals surface area contributed by atoms with Crippen LogP contribution < -0.4 is 4.74 Å². The van der Waals surface area contributed by atoms with Crippen molar-refractivity contribution >= 4 is 0 Å². The van der Waals surface area contributed by atoms with Gasteiger partial charge in [0, 0.05) is 0 Å². The molecule has 0 aliphatic carbocycles. The lowest BCUT2D eigenvalue weighted by Gasteiger charge is -2.16. The second-order valence-corrected chi connectivity index (χ2v) is 4.43. The van der Waals surface area contributed by atoms with Crippen molar-refractivity contribution in [3.05, 3.63) is 29.8 Å². The number of rotatable bonds is 3. The lowest BCUT2D eigenvalue weighted by molar-refractivity contribution is 0.242. The van der Waals surface area contributed by atoms with Gasteiger partial charge in [-0.2, -0.15) is 5.26 Å². The highest BCUT2D eigenvalue weighted by Crippen LogP contribution is 2.24. The molecule has 15 heavy (non-hydrogen) atoms. The molecule has 0 amide bonds. The third kappa shape index (κ3) is 2.99. The first-order valence-electron chi connectivity index (χ1n) is 5.14. The molecule has 0 saturated carbocycles. The van der Waals surface area contributed by atoms with Crippen LogP contribution in [0.3, 0.4) is 0 Å². The highest BCUT2D eigenvalue weighted by Gasteiger charge is 2.19. The van der Waals surface area contributed by atoms with E-state index in [9.17, 15) is 0 Å². The molecule has 0 saturated heterocycles. The molecule has 0 radical (unpaired) electrons. The molecule has 2 nitrogen and oxygen atoms in total. The minimum atomic E-state index is -0.434. The van der Waals surface area contributed by atoms with Crippen LogP contribution in [0.15, 0.2) is 24.3 Å². The molecule has 0 atom stereocenters. The quantitative estimate of drug-likeness (QED) is 0.755. The van der Waals surface area contributed by atoms with Crippen LogP contribution in [0.2, 0.25) is 0 Å². The summed E-state index contributed by atoms with van der Waals surface area (Å²) in [6, 6.07) is 9.99. The van der Waals surface area contributed by atoms with E-state index in [0.29, 0.717) is 0 Å². The zero-order valence-electron chi connectivity index (χ0n) is 9.74. The van der Waals surface area contributed by atoms with Gasteiger partial charge >= 0.3 is 0 Å². The maximum Gasteiger partial charge on any atom is 0.119 e. The summed E-state index contributed by atoms with van der Waals surface area (Å²) >= 11 is 0. The van der Waals surface area contributed by atoms with Crippen LogP contribution in [0.4, 0.5) is 0 Å². The van der Waals surface area contributed by atoms with Crippen LogP contribution in [-0.2, 0) is 5.41 Å². The second-order valence-electron chi connectivity index (χ2n) is 4.43. The third-order valence-electron chi connectivity index (χ3n) is 2.23. The monoisotopic (exact) mass is 203 g/mol. The summed E-state index contributed by atoms with van der Waals surface area (Å²) in [6.07, 6.45) is 0.180. The SMILES string of the molecule is CC(C)Oc1ccc(C(C)(C)C#N)cc1. The summed E-state index contributed by atoms with van der Waals surface area (Å²) in [6.45, 7) is 7.80. The topological polar surface area (TPSA) is 33.0 Å². The number of hydrogen-bond acceptors (Lipinski definition) is 2. The highest BCUT2D eigenvalue weighted by atomic mass is 16.5. The van der Waals surface area contributed by atoms with E-state index < -0.39 is 5.41 Å². The Morgan fingerprint density at radius 3 is 2.13 bits per heavy atom. The summed E-state index contributed by atoms with van der Waals surface area (Å²) in [4.78, 5) is 0. The van der Waals surface area contributed by atoms with Crippen molar-refractivity contribution in [2.75, 3.05) is 0 Å². The van der Waals surface area contributed by atoms with E-state index in [1.807, 2.05) is 52.0 Å². The Hall–Kier alpha value is -1.49. The molecule has 0 spiro atoms. The van der Waals surface area contributed by atoms with Gasteiger partial charge in [-0.05, 0) is 45.4 Å². The molecule has 80 valence electrons. The number of ether oxygens (including phenoxy) is 1. The standard InChI is InChI=1S/C13H17NO/c1-10(2)15-12-7-5-11(6-8-12)13(3,4)9-14/h5-8,10H,1-4H3. The second kappa shape index (κ2) is 4.35. The number of nitriles is 1. The third-order valence-corrected chi connectivity index (χ3v) is 2.23. The minimum absolute atomic E-state index is 0.180. The van der Waals surface area contributed by atoms with E-state index in [1.54, 1.807) is 0 Å². The molecule has 1 aromatic carbocycles. The first kappa shape index (κ1) is 11.6. The molecule has 0 fully saturated rings. The summed E-state index contributed by atoms with van der Waals surface area (Å²) in [7, 11) is 0. The molecule has 1 rings (SSSR count). The molecule has 0 N–H and O–H groups in total. The summed E-state index contributed by atoms with van der Waals surface area (Å²) < 4.78 is 5.53. The van der Waals surface area contributed by atoms with Crippen molar-refractivity contribution in [1.29, 1.82) is 5.26 Å². The number of benzene rings is 1. The van der Waals surface area contributed by atoms with Crippen LogP contribution in [0.5, 0.6) is 5.75 Å². The lowest BCUT2D eigenvalue weighted by atomic mass is 9.86. The fraction of sp³-hybridized carbons (Fsp3) is 0.462. The fourth-order valence-electron chi connectivity index (χ4n) is 1.29. The van der Waals surface area contributed by atoms with Gasteiger partial charge in [-0.3, -0.25) is 0 Å². The van der Waals surface area contributed by atoms with Crippen molar-refractivity contribution in [3.8, 4) is 11.8 Å².